The molecule has 0 radical (unpaired) electrons. The van der Waals surface area contributed by atoms with E-state index in [2.05, 4.69) is 15.6 Å². The van der Waals surface area contributed by atoms with Crippen molar-refractivity contribution < 1.29 is 9.57 Å². The Labute approximate surface area is 170 Å². The van der Waals surface area contributed by atoms with Gasteiger partial charge in [0.2, 0.25) is 0 Å². The summed E-state index contributed by atoms with van der Waals surface area (Å²) in [5, 5.41) is 12.7. The van der Waals surface area contributed by atoms with Crippen LogP contribution in [0, 0.1) is 0 Å². The van der Waals surface area contributed by atoms with Crippen LogP contribution < -0.4 is 10.4 Å². The van der Waals surface area contributed by atoms with Gasteiger partial charge in [-0.25, -0.2) is 4.79 Å². The first kappa shape index (κ1) is 19.9. The maximum absolute atomic E-state index is 12.2. The van der Waals surface area contributed by atoms with Gasteiger partial charge in [-0.3, -0.25) is 0 Å². The maximum Gasteiger partial charge on any atom is 0.368 e. The van der Waals surface area contributed by atoms with E-state index in [1.165, 1.54) is 18.8 Å². The van der Waals surface area contributed by atoms with E-state index < -0.39 is 0 Å². The van der Waals surface area contributed by atoms with Gasteiger partial charge in [-0.05, 0) is 47.7 Å². The Kier molecular flexibility index (Phi) is 6.01. The van der Waals surface area contributed by atoms with Crippen molar-refractivity contribution in [2.24, 2.45) is 12.2 Å². The zero-order chi connectivity index (χ0) is 20.3. The van der Waals surface area contributed by atoms with Crippen molar-refractivity contribution in [1.82, 2.24) is 19.8 Å². The van der Waals surface area contributed by atoms with Crippen LogP contribution >= 0.6 is 23.2 Å². The smallest absolute Gasteiger partial charge is 0.368 e. The van der Waals surface area contributed by atoms with Gasteiger partial charge in [-0.1, -0.05) is 34.4 Å². The zero-order valence-electron chi connectivity index (χ0n) is 15.4. The van der Waals surface area contributed by atoms with Crippen LogP contribution in [0.15, 0.2) is 46.3 Å². The monoisotopic (exact) mass is 421 g/mol. The van der Waals surface area contributed by atoms with E-state index in [1.54, 1.807) is 43.3 Å². The minimum Gasteiger partial charge on any atom is -0.496 e. The molecule has 0 aliphatic rings. The molecule has 0 unspecified atom stereocenters. The molecule has 1 heterocycles. The van der Waals surface area contributed by atoms with Crippen LogP contribution in [-0.2, 0) is 18.5 Å². The highest BCUT2D eigenvalue weighted by molar-refractivity contribution is 6.35. The molecule has 0 amide bonds. The van der Waals surface area contributed by atoms with Crippen molar-refractivity contribution in [2.75, 3.05) is 7.11 Å². The number of halogens is 2. The molecule has 0 aliphatic carbocycles. The Hall–Kier alpha value is -2.84. The molecule has 146 valence electrons. The normalized spacial score (nSPS) is 11.5. The number of rotatable bonds is 6. The van der Waals surface area contributed by atoms with Crippen molar-refractivity contribution in [3.63, 3.8) is 0 Å². The average Bonchev–Trinajstić information content (AvgIpc) is 2.99. The Balaban J connectivity index is 1.90. The third-order valence-corrected chi connectivity index (χ3v) is 4.41. The number of nitrogens with zero attached hydrogens (tertiary/aromatic N) is 5. The van der Waals surface area contributed by atoms with Gasteiger partial charge in [-0.15, -0.1) is 0 Å². The van der Waals surface area contributed by atoms with Gasteiger partial charge in [0.15, 0.2) is 0 Å². The number of methoxy groups -OCH3 is 1. The SMILES string of the molecule is COc1cccc(-n2nnn(C)c2=O)c1CON=C(C)c1cc(Cl)cc(Cl)c1. The first-order valence-corrected chi connectivity index (χ1v) is 8.94. The molecule has 0 aliphatic heterocycles. The molecular formula is C18H17Cl2N5O3. The molecule has 0 atom stereocenters. The Morgan fingerprint density at radius 3 is 2.50 bits per heavy atom. The number of tetrazole rings is 1. The Bertz CT molecular complexity index is 1070. The van der Waals surface area contributed by atoms with E-state index in [0.29, 0.717) is 32.8 Å². The lowest BCUT2D eigenvalue weighted by atomic mass is 10.1. The van der Waals surface area contributed by atoms with Crippen molar-refractivity contribution in [3.05, 3.63) is 68.1 Å². The van der Waals surface area contributed by atoms with Crippen molar-refractivity contribution in [1.29, 1.82) is 0 Å². The summed E-state index contributed by atoms with van der Waals surface area (Å²) in [7, 11) is 3.05. The second-order valence-corrected chi connectivity index (χ2v) is 6.74. The Morgan fingerprint density at radius 1 is 1.18 bits per heavy atom. The molecule has 3 rings (SSSR count). The van der Waals surface area contributed by atoms with E-state index >= 15 is 0 Å². The van der Waals surface area contributed by atoms with Crippen molar-refractivity contribution in [2.45, 2.75) is 13.5 Å². The minimum atomic E-state index is -0.386. The van der Waals surface area contributed by atoms with Gasteiger partial charge in [0.05, 0.1) is 24.1 Å². The summed E-state index contributed by atoms with van der Waals surface area (Å²) in [6, 6.07) is 10.4. The maximum atomic E-state index is 12.2. The standard InChI is InChI=1S/C18H17Cl2N5O3/c1-11(12-7-13(19)9-14(20)8-12)21-28-10-15-16(5-4-6-17(15)27-3)25-18(26)24(2)22-23-25/h4-9H,10H2,1-3H3. The molecule has 0 N–H and O–H groups in total. The number of aryl methyl sites for hydroxylation is 1. The molecule has 0 fully saturated rings. The van der Waals surface area contributed by atoms with Gasteiger partial charge in [0, 0.05) is 22.7 Å². The predicted molar refractivity (Wildman–Crippen MR) is 107 cm³/mol. The number of hydrogen-bond donors (Lipinski definition) is 0. The summed E-state index contributed by atoms with van der Waals surface area (Å²) in [5.74, 6) is 0.536. The third kappa shape index (κ3) is 4.18. The molecule has 0 saturated carbocycles. The predicted octanol–water partition coefficient (Wildman–Crippen LogP) is 3.22. The van der Waals surface area contributed by atoms with Gasteiger partial charge in [0.25, 0.3) is 0 Å². The molecule has 1 aromatic heterocycles. The molecule has 0 bridgehead atoms. The van der Waals surface area contributed by atoms with E-state index in [1.807, 2.05) is 0 Å². The highest BCUT2D eigenvalue weighted by Crippen LogP contribution is 2.25. The van der Waals surface area contributed by atoms with Crippen LogP contribution in [0.3, 0.4) is 0 Å². The van der Waals surface area contributed by atoms with E-state index in [9.17, 15) is 4.79 Å². The third-order valence-electron chi connectivity index (χ3n) is 3.97. The van der Waals surface area contributed by atoms with Crippen molar-refractivity contribution >= 4 is 28.9 Å². The molecule has 10 heteroatoms. The fourth-order valence-corrected chi connectivity index (χ4v) is 3.09. The van der Waals surface area contributed by atoms with Crippen LogP contribution in [0.4, 0.5) is 0 Å². The number of oxime groups is 1. The molecule has 28 heavy (non-hydrogen) atoms. The highest BCUT2D eigenvalue weighted by Gasteiger charge is 2.16. The molecule has 0 spiro atoms. The zero-order valence-corrected chi connectivity index (χ0v) is 16.9. The van der Waals surface area contributed by atoms with Crippen molar-refractivity contribution in [3.8, 4) is 11.4 Å². The van der Waals surface area contributed by atoms with E-state index in [0.717, 1.165) is 10.2 Å². The fourth-order valence-electron chi connectivity index (χ4n) is 2.56. The van der Waals surface area contributed by atoms with Gasteiger partial charge >= 0.3 is 5.69 Å². The van der Waals surface area contributed by atoms with Gasteiger partial charge < -0.3 is 9.57 Å². The van der Waals surface area contributed by atoms with Crippen LogP contribution in [0.5, 0.6) is 5.75 Å². The number of hydrogen-bond acceptors (Lipinski definition) is 6. The fraction of sp³-hybridized carbons (Fsp3) is 0.222. The molecule has 3 aromatic rings. The van der Waals surface area contributed by atoms with Crippen LogP contribution in [0.25, 0.3) is 5.69 Å². The largest absolute Gasteiger partial charge is 0.496 e. The molecule has 0 saturated heterocycles. The summed E-state index contributed by atoms with van der Waals surface area (Å²) in [6.07, 6.45) is 0. The Morgan fingerprint density at radius 2 is 1.89 bits per heavy atom. The van der Waals surface area contributed by atoms with Crippen LogP contribution in [0.2, 0.25) is 10.0 Å². The quantitative estimate of drug-likeness (QED) is 0.450. The number of benzene rings is 2. The lowest BCUT2D eigenvalue weighted by molar-refractivity contribution is 0.128. The lowest BCUT2D eigenvalue weighted by Gasteiger charge is -2.12. The van der Waals surface area contributed by atoms with Crippen LogP contribution in [0.1, 0.15) is 18.1 Å². The number of aromatic nitrogens is 4. The van der Waals surface area contributed by atoms with Gasteiger partial charge in [-0.2, -0.15) is 9.36 Å². The van der Waals surface area contributed by atoms with E-state index in [-0.39, 0.29) is 12.3 Å². The van der Waals surface area contributed by atoms with E-state index in [4.69, 9.17) is 32.8 Å². The summed E-state index contributed by atoms with van der Waals surface area (Å²) in [4.78, 5) is 17.7. The molecule has 8 nitrogen and oxygen atoms in total. The van der Waals surface area contributed by atoms with Crippen LogP contribution in [-0.4, -0.2) is 32.6 Å². The molecule has 2 aromatic carbocycles. The highest BCUT2D eigenvalue weighted by atomic mass is 35.5. The second-order valence-electron chi connectivity index (χ2n) is 5.86. The molecular weight excluding hydrogens is 405 g/mol. The number of ether oxygens (including phenoxy) is 1. The summed E-state index contributed by atoms with van der Waals surface area (Å²) < 4.78 is 7.70. The first-order chi connectivity index (χ1) is 13.4. The summed E-state index contributed by atoms with van der Waals surface area (Å²) >= 11 is 12.1. The average molecular weight is 422 g/mol. The first-order valence-electron chi connectivity index (χ1n) is 8.19. The lowest BCUT2D eigenvalue weighted by Crippen LogP contribution is -2.23. The second kappa shape index (κ2) is 8.45. The summed E-state index contributed by atoms with van der Waals surface area (Å²) in [5.41, 5.74) is 2.05. The topological polar surface area (TPSA) is 83.5 Å². The van der Waals surface area contributed by atoms with Gasteiger partial charge in [0.1, 0.15) is 12.4 Å². The summed E-state index contributed by atoms with van der Waals surface area (Å²) in [6.45, 7) is 1.83. The minimum absolute atomic E-state index is 0.0496.